The summed E-state index contributed by atoms with van der Waals surface area (Å²) in [4.78, 5) is 15.7. The number of thioether (sulfide) groups is 1. The van der Waals surface area contributed by atoms with Crippen LogP contribution in [0.1, 0.15) is 18.9 Å². The summed E-state index contributed by atoms with van der Waals surface area (Å²) in [6, 6.07) is 0. The van der Waals surface area contributed by atoms with Crippen molar-refractivity contribution in [1.82, 2.24) is 9.55 Å². The fraction of sp³-hybridized carbons (Fsp3) is 0.556. The van der Waals surface area contributed by atoms with E-state index in [1.54, 1.807) is 25.1 Å². The molecule has 0 bridgehead atoms. The van der Waals surface area contributed by atoms with Crippen molar-refractivity contribution in [3.05, 3.63) is 22.2 Å². The Kier molecular flexibility index (Phi) is 3.54. The lowest BCUT2D eigenvalue weighted by molar-refractivity contribution is 0.779. The Bertz CT molecular complexity index is 346. The molecule has 1 aromatic rings. The molecule has 0 aliphatic rings. The maximum Gasteiger partial charge on any atom is 0.257 e. The fourth-order valence-corrected chi connectivity index (χ4v) is 1.81. The largest absolute Gasteiger partial charge is 0.302 e. The third-order valence-electron chi connectivity index (χ3n) is 1.75. The second-order valence-electron chi connectivity index (χ2n) is 2.94. The predicted octanol–water partition coefficient (Wildman–Crippen LogP) is 1.59. The van der Waals surface area contributed by atoms with Gasteiger partial charge in [-0.3, -0.25) is 4.79 Å². The van der Waals surface area contributed by atoms with Gasteiger partial charge in [0.25, 0.3) is 5.56 Å². The number of hydrogen-bond acceptors (Lipinski definition) is 3. The van der Waals surface area contributed by atoms with Crippen molar-refractivity contribution in [1.29, 1.82) is 0 Å². The topological polar surface area (TPSA) is 34.9 Å². The Hall–Kier alpha value is -0.770. The molecule has 1 rings (SSSR count). The molecular formula is C9H14N2OS. The zero-order chi connectivity index (χ0) is 9.84. The van der Waals surface area contributed by atoms with E-state index in [0.29, 0.717) is 0 Å². The quantitative estimate of drug-likeness (QED) is 0.546. The molecule has 0 fully saturated rings. The fourth-order valence-electron chi connectivity index (χ4n) is 0.989. The molecule has 0 N–H and O–H groups in total. The predicted molar refractivity (Wildman–Crippen MR) is 55.2 cm³/mol. The number of nitrogens with zero attached hydrogens (tertiary/aromatic N) is 2. The molecule has 0 aromatic carbocycles. The number of rotatable bonds is 3. The van der Waals surface area contributed by atoms with Gasteiger partial charge in [-0.25, -0.2) is 4.98 Å². The Morgan fingerprint density at radius 3 is 2.92 bits per heavy atom. The van der Waals surface area contributed by atoms with Gasteiger partial charge in [0.1, 0.15) is 5.03 Å². The smallest absolute Gasteiger partial charge is 0.257 e. The molecule has 3 nitrogen and oxygen atoms in total. The van der Waals surface area contributed by atoms with E-state index in [2.05, 4.69) is 11.9 Å². The molecule has 0 amide bonds. The van der Waals surface area contributed by atoms with Crippen LogP contribution in [0.2, 0.25) is 0 Å². The molecule has 0 unspecified atom stereocenters. The average molecular weight is 198 g/mol. The second kappa shape index (κ2) is 4.46. The molecule has 0 saturated carbocycles. The molecule has 0 spiro atoms. The molecule has 1 heterocycles. The van der Waals surface area contributed by atoms with Crippen LogP contribution in [0.15, 0.2) is 16.1 Å². The Morgan fingerprint density at radius 1 is 1.62 bits per heavy atom. The third-order valence-corrected chi connectivity index (χ3v) is 3.05. The summed E-state index contributed by atoms with van der Waals surface area (Å²) in [6.07, 6.45) is 2.67. The zero-order valence-electron chi connectivity index (χ0n) is 8.20. The van der Waals surface area contributed by atoms with Crippen LogP contribution in [-0.2, 0) is 7.05 Å². The van der Waals surface area contributed by atoms with Gasteiger partial charge < -0.3 is 4.57 Å². The minimum atomic E-state index is 0.0496. The molecule has 0 saturated heterocycles. The molecular weight excluding hydrogens is 184 g/mol. The first-order chi connectivity index (χ1) is 6.16. The minimum Gasteiger partial charge on any atom is -0.302 e. The van der Waals surface area contributed by atoms with Crippen LogP contribution in [0.25, 0.3) is 0 Å². The van der Waals surface area contributed by atoms with E-state index in [1.807, 2.05) is 6.92 Å². The zero-order valence-corrected chi connectivity index (χ0v) is 9.02. The summed E-state index contributed by atoms with van der Waals surface area (Å²) in [5.74, 6) is 1.01. The molecule has 4 heteroatoms. The molecule has 0 radical (unpaired) electrons. The van der Waals surface area contributed by atoms with Gasteiger partial charge in [0.2, 0.25) is 0 Å². The molecule has 0 aliphatic heterocycles. The monoisotopic (exact) mass is 198 g/mol. The van der Waals surface area contributed by atoms with Gasteiger partial charge in [0.05, 0.1) is 6.33 Å². The van der Waals surface area contributed by atoms with Gasteiger partial charge in [0.15, 0.2) is 0 Å². The first-order valence-electron chi connectivity index (χ1n) is 4.31. The number of hydrogen-bond donors (Lipinski definition) is 0. The van der Waals surface area contributed by atoms with E-state index in [-0.39, 0.29) is 5.56 Å². The van der Waals surface area contributed by atoms with E-state index in [0.717, 1.165) is 22.8 Å². The first kappa shape index (κ1) is 10.3. The van der Waals surface area contributed by atoms with Crippen LogP contribution in [0, 0.1) is 6.92 Å². The lowest BCUT2D eigenvalue weighted by Crippen LogP contribution is -2.20. The highest BCUT2D eigenvalue weighted by atomic mass is 32.2. The van der Waals surface area contributed by atoms with E-state index in [1.165, 1.54) is 4.57 Å². The van der Waals surface area contributed by atoms with Gasteiger partial charge in [-0.2, -0.15) is 0 Å². The summed E-state index contributed by atoms with van der Waals surface area (Å²) in [5, 5.41) is 0.866. The molecule has 0 atom stereocenters. The van der Waals surface area contributed by atoms with Gasteiger partial charge in [-0.15, -0.1) is 11.8 Å². The highest BCUT2D eigenvalue weighted by Gasteiger charge is 2.04. The number of aromatic nitrogens is 2. The summed E-state index contributed by atoms with van der Waals surface area (Å²) < 4.78 is 1.51. The highest BCUT2D eigenvalue weighted by molar-refractivity contribution is 7.99. The van der Waals surface area contributed by atoms with Crippen LogP contribution >= 0.6 is 11.8 Å². The lowest BCUT2D eigenvalue weighted by atomic mass is 10.4. The van der Waals surface area contributed by atoms with Crippen LogP contribution in [-0.4, -0.2) is 15.3 Å². The van der Waals surface area contributed by atoms with Crippen molar-refractivity contribution >= 4 is 11.8 Å². The van der Waals surface area contributed by atoms with E-state index >= 15 is 0 Å². The Labute approximate surface area is 82.2 Å². The summed E-state index contributed by atoms with van der Waals surface area (Å²) >= 11 is 1.65. The van der Waals surface area contributed by atoms with Crippen LogP contribution < -0.4 is 5.56 Å². The van der Waals surface area contributed by atoms with Crippen molar-refractivity contribution in [3.8, 4) is 0 Å². The van der Waals surface area contributed by atoms with Crippen molar-refractivity contribution in [2.45, 2.75) is 25.3 Å². The highest BCUT2D eigenvalue weighted by Crippen LogP contribution is 2.16. The SMILES string of the molecule is CCCSc1ncn(C)c(=O)c1C. The van der Waals surface area contributed by atoms with Crippen molar-refractivity contribution in [2.75, 3.05) is 5.75 Å². The van der Waals surface area contributed by atoms with Gasteiger partial charge in [-0.1, -0.05) is 6.92 Å². The molecule has 0 aliphatic carbocycles. The average Bonchev–Trinajstić information content (AvgIpc) is 2.13. The molecule has 1 aromatic heterocycles. The normalized spacial score (nSPS) is 10.4. The summed E-state index contributed by atoms with van der Waals surface area (Å²) in [6.45, 7) is 3.94. The van der Waals surface area contributed by atoms with E-state index < -0.39 is 0 Å². The Morgan fingerprint density at radius 2 is 2.31 bits per heavy atom. The standard InChI is InChI=1S/C9H14N2OS/c1-4-5-13-8-7(2)9(12)11(3)6-10-8/h6H,4-5H2,1-3H3. The maximum absolute atomic E-state index is 11.5. The first-order valence-corrected chi connectivity index (χ1v) is 5.30. The van der Waals surface area contributed by atoms with Crippen molar-refractivity contribution in [3.63, 3.8) is 0 Å². The van der Waals surface area contributed by atoms with E-state index in [4.69, 9.17) is 0 Å². The number of aryl methyl sites for hydroxylation is 1. The van der Waals surface area contributed by atoms with Crippen LogP contribution in [0.4, 0.5) is 0 Å². The molecule has 72 valence electrons. The lowest BCUT2D eigenvalue weighted by Gasteiger charge is -2.04. The van der Waals surface area contributed by atoms with E-state index in [9.17, 15) is 4.79 Å². The van der Waals surface area contributed by atoms with Crippen LogP contribution in [0.5, 0.6) is 0 Å². The van der Waals surface area contributed by atoms with Gasteiger partial charge in [0, 0.05) is 12.6 Å². The second-order valence-corrected chi connectivity index (χ2v) is 4.02. The van der Waals surface area contributed by atoms with Crippen LogP contribution in [0.3, 0.4) is 0 Å². The summed E-state index contributed by atoms with van der Waals surface area (Å²) in [5.41, 5.74) is 0.803. The minimum absolute atomic E-state index is 0.0496. The van der Waals surface area contributed by atoms with Crippen molar-refractivity contribution < 1.29 is 0 Å². The maximum atomic E-state index is 11.5. The molecule has 13 heavy (non-hydrogen) atoms. The van der Waals surface area contributed by atoms with Crippen molar-refractivity contribution in [2.24, 2.45) is 7.05 Å². The van der Waals surface area contributed by atoms with Gasteiger partial charge in [-0.05, 0) is 19.1 Å². The van der Waals surface area contributed by atoms with Gasteiger partial charge >= 0.3 is 0 Å². The third kappa shape index (κ3) is 2.34. The Balaban J connectivity index is 2.97. The summed E-state index contributed by atoms with van der Waals surface area (Å²) in [7, 11) is 1.72.